The fourth-order valence-electron chi connectivity index (χ4n) is 3.16. The molecule has 1 aromatic rings. The van der Waals surface area contributed by atoms with E-state index >= 15 is 0 Å². The Morgan fingerprint density at radius 3 is 2.61 bits per heavy atom. The smallest absolute Gasteiger partial charge is 0.0630 e. The molecule has 18 heavy (non-hydrogen) atoms. The van der Waals surface area contributed by atoms with E-state index in [1.807, 2.05) is 0 Å². The van der Waals surface area contributed by atoms with Crippen LogP contribution in [0.1, 0.15) is 16.7 Å². The maximum absolute atomic E-state index is 5.63. The standard InChI is InChI=1S/C15H21NO2/c1-11-3-4-13(12(2)7-11)15(9-18-10-15)14-8-17-6-5-16-14/h3-4,7,14,16H,5-6,8-10H2,1-2H3. The van der Waals surface area contributed by atoms with Crippen LogP contribution in [0.2, 0.25) is 0 Å². The van der Waals surface area contributed by atoms with Crippen LogP contribution < -0.4 is 5.32 Å². The molecule has 1 atom stereocenters. The monoisotopic (exact) mass is 247 g/mol. The van der Waals surface area contributed by atoms with Crippen molar-refractivity contribution in [2.45, 2.75) is 25.3 Å². The van der Waals surface area contributed by atoms with Gasteiger partial charge in [0.15, 0.2) is 0 Å². The molecule has 98 valence electrons. The molecule has 2 fully saturated rings. The molecule has 0 amide bonds. The summed E-state index contributed by atoms with van der Waals surface area (Å²) in [6, 6.07) is 7.11. The Bertz CT molecular complexity index is 434. The second-order valence-corrected chi connectivity index (χ2v) is 5.55. The molecule has 2 aliphatic heterocycles. The fraction of sp³-hybridized carbons (Fsp3) is 0.600. The third-order valence-corrected chi connectivity index (χ3v) is 4.23. The summed E-state index contributed by atoms with van der Waals surface area (Å²) in [5.41, 5.74) is 4.21. The lowest BCUT2D eigenvalue weighted by molar-refractivity contribution is -0.101. The van der Waals surface area contributed by atoms with Gasteiger partial charge < -0.3 is 14.8 Å². The van der Waals surface area contributed by atoms with Gasteiger partial charge in [-0.3, -0.25) is 0 Å². The van der Waals surface area contributed by atoms with Gasteiger partial charge in [0, 0.05) is 12.6 Å². The highest BCUT2D eigenvalue weighted by molar-refractivity contribution is 5.40. The van der Waals surface area contributed by atoms with Gasteiger partial charge in [-0.15, -0.1) is 0 Å². The predicted molar refractivity (Wildman–Crippen MR) is 71.0 cm³/mol. The highest BCUT2D eigenvalue weighted by Gasteiger charge is 2.48. The second-order valence-electron chi connectivity index (χ2n) is 5.55. The molecule has 0 aliphatic carbocycles. The molecule has 1 unspecified atom stereocenters. The van der Waals surface area contributed by atoms with Crippen molar-refractivity contribution >= 4 is 0 Å². The third kappa shape index (κ3) is 1.87. The van der Waals surface area contributed by atoms with E-state index in [1.54, 1.807) is 0 Å². The summed E-state index contributed by atoms with van der Waals surface area (Å²) < 4.78 is 11.2. The first-order valence-corrected chi connectivity index (χ1v) is 6.69. The summed E-state index contributed by atoms with van der Waals surface area (Å²) in [6.07, 6.45) is 0. The molecular weight excluding hydrogens is 226 g/mol. The van der Waals surface area contributed by atoms with Crippen LogP contribution in [0.4, 0.5) is 0 Å². The lowest BCUT2D eigenvalue weighted by atomic mass is 9.70. The zero-order valence-corrected chi connectivity index (χ0v) is 11.2. The first-order chi connectivity index (χ1) is 8.72. The van der Waals surface area contributed by atoms with Crippen LogP contribution in [0.3, 0.4) is 0 Å². The van der Waals surface area contributed by atoms with Gasteiger partial charge >= 0.3 is 0 Å². The molecule has 0 radical (unpaired) electrons. The van der Waals surface area contributed by atoms with Crippen LogP contribution in [-0.4, -0.2) is 39.0 Å². The normalized spacial score (nSPS) is 26.7. The van der Waals surface area contributed by atoms with E-state index in [4.69, 9.17) is 9.47 Å². The van der Waals surface area contributed by atoms with E-state index in [-0.39, 0.29) is 5.41 Å². The Labute approximate surface area is 108 Å². The summed E-state index contributed by atoms with van der Waals surface area (Å²) in [6.45, 7) is 8.50. The molecular formula is C15H21NO2. The van der Waals surface area contributed by atoms with Crippen LogP contribution >= 0.6 is 0 Å². The number of benzene rings is 1. The maximum Gasteiger partial charge on any atom is 0.0630 e. The number of hydrogen-bond acceptors (Lipinski definition) is 3. The van der Waals surface area contributed by atoms with Crippen molar-refractivity contribution in [3.05, 3.63) is 34.9 Å². The molecule has 2 aliphatic rings. The van der Waals surface area contributed by atoms with E-state index in [0.29, 0.717) is 6.04 Å². The van der Waals surface area contributed by atoms with E-state index in [2.05, 4.69) is 37.4 Å². The lowest BCUT2D eigenvalue weighted by Gasteiger charge is -2.49. The van der Waals surface area contributed by atoms with Crippen LogP contribution in [0, 0.1) is 13.8 Å². The number of rotatable bonds is 2. The highest BCUT2D eigenvalue weighted by atomic mass is 16.5. The van der Waals surface area contributed by atoms with Gasteiger partial charge in [0.05, 0.1) is 31.8 Å². The Morgan fingerprint density at radius 1 is 1.22 bits per heavy atom. The minimum absolute atomic E-state index is 0.109. The zero-order valence-electron chi connectivity index (χ0n) is 11.2. The third-order valence-electron chi connectivity index (χ3n) is 4.23. The molecule has 3 heteroatoms. The van der Waals surface area contributed by atoms with Crippen molar-refractivity contribution in [1.82, 2.24) is 5.32 Å². The topological polar surface area (TPSA) is 30.5 Å². The SMILES string of the molecule is Cc1ccc(C2(C3COCCN3)COC2)c(C)c1. The molecule has 3 rings (SSSR count). The van der Waals surface area contributed by atoms with Crippen molar-refractivity contribution in [2.75, 3.05) is 33.0 Å². The van der Waals surface area contributed by atoms with Gasteiger partial charge in [-0.2, -0.15) is 0 Å². The average molecular weight is 247 g/mol. The molecule has 3 nitrogen and oxygen atoms in total. The molecule has 0 aromatic heterocycles. The van der Waals surface area contributed by atoms with Crippen molar-refractivity contribution in [3.8, 4) is 0 Å². The molecule has 0 saturated carbocycles. The Morgan fingerprint density at radius 2 is 2.06 bits per heavy atom. The minimum atomic E-state index is 0.109. The van der Waals surface area contributed by atoms with Gasteiger partial charge in [0.2, 0.25) is 0 Å². The lowest BCUT2D eigenvalue weighted by Crippen LogP contribution is -2.64. The molecule has 1 aromatic carbocycles. The van der Waals surface area contributed by atoms with Crippen LogP contribution in [0.15, 0.2) is 18.2 Å². The average Bonchev–Trinajstić information content (AvgIpc) is 2.32. The first-order valence-electron chi connectivity index (χ1n) is 6.69. The van der Waals surface area contributed by atoms with E-state index in [0.717, 1.165) is 33.0 Å². The highest BCUT2D eigenvalue weighted by Crippen LogP contribution is 2.38. The quantitative estimate of drug-likeness (QED) is 0.860. The van der Waals surface area contributed by atoms with Crippen molar-refractivity contribution < 1.29 is 9.47 Å². The van der Waals surface area contributed by atoms with Crippen LogP contribution in [-0.2, 0) is 14.9 Å². The van der Waals surface area contributed by atoms with Crippen LogP contribution in [0.5, 0.6) is 0 Å². The number of nitrogens with one attached hydrogen (secondary N) is 1. The molecule has 0 spiro atoms. The van der Waals surface area contributed by atoms with Gasteiger partial charge in [0.25, 0.3) is 0 Å². The molecule has 1 N–H and O–H groups in total. The molecule has 0 bridgehead atoms. The maximum atomic E-state index is 5.63. The second kappa shape index (κ2) is 4.65. The predicted octanol–water partition coefficient (Wildman–Crippen LogP) is 1.56. The number of morpholine rings is 1. The van der Waals surface area contributed by atoms with E-state index in [1.165, 1.54) is 16.7 Å². The number of ether oxygens (including phenoxy) is 2. The van der Waals surface area contributed by atoms with Gasteiger partial charge in [-0.25, -0.2) is 0 Å². The fourth-order valence-corrected chi connectivity index (χ4v) is 3.16. The van der Waals surface area contributed by atoms with E-state index < -0.39 is 0 Å². The van der Waals surface area contributed by atoms with E-state index in [9.17, 15) is 0 Å². The summed E-state index contributed by atoms with van der Waals surface area (Å²) in [5.74, 6) is 0. The summed E-state index contributed by atoms with van der Waals surface area (Å²) in [7, 11) is 0. The minimum Gasteiger partial charge on any atom is -0.379 e. The molecule has 2 heterocycles. The molecule has 2 saturated heterocycles. The van der Waals surface area contributed by atoms with Crippen molar-refractivity contribution in [3.63, 3.8) is 0 Å². The zero-order chi connectivity index (χ0) is 12.6. The summed E-state index contributed by atoms with van der Waals surface area (Å²) in [4.78, 5) is 0. The Balaban J connectivity index is 1.94. The largest absolute Gasteiger partial charge is 0.379 e. The summed E-state index contributed by atoms with van der Waals surface area (Å²) >= 11 is 0. The van der Waals surface area contributed by atoms with Gasteiger partial charge in [-0.1, -0.05) is 23.8 Å². The Kier molecular flexibility index (Phi) is 3.14. The van der Waals surface area contributed by atoms with Gasteiger partial charge in [-0.05, 0) is 25.0 Å². The first kappa shape index (κ1) is 12.2. The number of hydrogen-bond donors (Lipinski definition) is 1. The van der Waals surface area contributed by atoms with Crippen molar-refractivity contribution in [2.24, 2.45) is 0 Å². The van der Waals surface area contributed by atoms with Crippen LogP contribution in [0.25, 0.3) is 0 Å². The van der Waals surface area contributed by atoms with Crippen molar-refractivity contribution in [1.29, 1.82) is 0 Å². The number of aryl methyl sites for hydroxylation is 2. The Hall–Kier alpha value is -0.900. The summed E-state index contributed by atoms with van der Waals surface area (Å²) in [5, 5.41) is 3.60. The van der Waals surface area contributed by atoms with Gasteiger partial charge in [0.1, 0.15) is 0 Å².